The van der Waals surface area contributed by atoms with Gasteiger partial charge in [0, 0.05) is 35.6 Å². The molecule has 2 aromatic carbocycles. The fourth-order valence-corrected chi connectivity index (χ4v) is 4.16. The van der Waals surface area contributed by atoms with Crippen LogP contribution < -0.4 is 5.32 Å². The number of piperidine rings is 1. The first-order chi connectivity index (χ1) is 13.1. The van der Waals surface area contributed by atoms with Crippen molar-refractivity contribution in [2.24, 2.45) is 0 Å². The number of benzene rings is 2. The lowest BCUT2D eigenvalue weighted by Gasteiger charge is -2.29. The third-order valence-corrected chi connectivity index (χ3v) is 5.47. The largest absolute Gasteiger partial charge is 0.361 e. The average molecular weight is 359 g/mol. The summed E-state index contributed by atoms with van der Waals surface area (Å²) in [4.78, 5) is 41.5. The Labute approximate surface area is 155 Å². The van der Waals surface area contributed by atoms with Crippen molar-refractivity contribution in [2.45, 2.75) is 25.4 Å². The minimum atomic E-state index is -0.599. The van der Waals surface area contributed by atoms with E-state index in [9.17, 15) is 14.4 Å². The van der Waals surface area contributed by atoms with E-state index in [1.807, 2.05) is 48.7 Å². The van der Waals surface area contributed by atoms with Crippen molar-refractivity contribution in [1.82, 2.24) is 15.2 Å². The van der Waals surface area contributed by atoms with Crippen molar-refractivity contribution < 1.29 is 14.4 Å². The lowest BCUT2D eigenvalue weighted by atomic mass is 9.95. The highest BCUT2D eigenvalue weighted by Crippen LogP contribution is 2.37. The number of rotatable bonds is 2. The zero-order valence-electron chi connectivity index (χ0n) is 14.5. The van der Waals surface area contributed by atoms with Gasteiger partial charge in [0.05, 0.1) is 0 Å². The van der Waals surface area contributed by atoms with Crippen LogP contribution in [-0.4, -0.2) is 33.6 Å². The van der Waals surface area contributed by atoms with Crippen molar-refractivity contribution in [1.29, 1.82) is 0 Å². The van der Waals surface area contributed by atoms with Crippen LogP contribution in [0.1, 0.15) is 28.8 Å². The van der Waals surface area contributed by atoms with Crippen molar-refractivity contribution in [2.75, 3.05) is 0 Å². The number of nitrogens with zero attached hydrogens (tertiary/aromatic N) is 1. The molecule has 6 nitrogen and oxygen atoms in total. The molecule has 1 aromatic heterocycles. The van der Waals surface area contributed by atoms with Gasteiger partial charge in [-0.3, -0.25) is 19.7 Å². The summed E-state index contributed by atoms with van der Waals surface area (Å²) < 4.78 is 0. The lowest BCUT2D eigenvalue weighted by molar-refractivity contribution is -0.136. The highest BCUT2D eigenvalue weighted by Gasteiger charge is 2.39. The van der Waals surface area contributed by atoms with Gasteiger partial charge in [-0.1, -0.05) is 24.3 Å². The van der Waals surface area contributed by atoms with E-state index in [1.165, 1.54) is 0 Å². The Morgan fingerprint density at radius 1 is 0.926 bits per heavy atom. The molecule has 0 spiro atoms. The molecule has 3 heterocycles. The molecule has 0 saturated carbocycles. The Balaban J connectivity index is 1.58. The number of carbonyl (C=O) groups is 3. The number of H-pyrrole nitrogens is 1. The molecule has 0 aliphatic carbocycles. The fourth-order valence-electron chi connectivity index (χ4n) is 4.16. The van der Waals surface area contributed by atoms with Crippen molar-refractivity contribution in [3.05, 3.63) is 59.8 Å². The van der Waals surface area contributed by atoms with Gasteiger partial charge in [-0.15, -0.1) is 0 Å². The van der Waals surface area contributed by atoms with Gasteiger partial charge in [-0.2, -0.15) is 0 Å². The Morgan fingerprint density at radius 3 is 2.56 bits per heavy atom. The zero-order valence-corrected chi connectivity index (χ0v) is 14.5. The van der Waals surface area contributed by atoms with Gasteiger partial charge in [0.2, 0.25) is 11.8 Å². The molecule has 2 N–H and O–H groups in total. The van der Waals surface area contributed by atoms with Crippen LogP contribution in [0.4, 0.5) is 0 Å². The van der Waals surface area contributed by atoms with Gasteiger partial charge in [0.1, 0.15) is 6.04 Å². The number of aromatic amines is 1. The Bertz CT molecular complexity index is 1110. The molecule has 1 atom stereocenters. The predicted molar refractivity (Wildman–Crippen MR) is 99.8 cm³/mol. The van der Waals surface area contributed by atoms with Gasteiger partial charge in [-0.25, -0.2) is 0 Å². The van der Waals surface area contributed by atoms with Crippen molar-refractivity contribution in [3.8, 4) is 11.1 Å². The molecule has 2 aliphatic rings. The van der Waals surface area contributed by atoms with E-state index in [0.717, 1.165) is 27.6 Å². The summed E-state index contributed by atoms with van der Waals surface area (Å²) in [5.41, 5.74) is 4.66. The number of fused-ring (bicyclic) bond motifs is 2. The summed E-state index contributed by atoms with van der Waals surface area (Å²) in [6.07, 6.45) is 2.53. The van der Waals surface area contributed by atoms with Crippen LogP contribution in [0.5, 0.6) is 0 Å². The molecule has 0 radical (unpaired) electrons. The van der Waals surface area contributed by atoms with Crippen LogP contribution in [-0.2, 0) is 16.1 Å². The lowest BCUT2D eigenvalue weighted by Crippen LogP contribution is -2.52. The quantitative estimate of drug-likeness (QED) is 0.690. The first kappa shape index (κ1) is 15.8. The number of nitrogens with one attached hydrogen (secondary N) is 2. The van der Waals surface area contributed by atoms with Crippen LogP contribution in [0.25, 0.3) is 22.0 Å². The van der Waals surface area contributed by atoms with Crippen molar-refractivity contribution in [3.63, 3.8) is 0 Å². The van der Waals surface area contributed by atoms with Crippen LogP contribution in [0.3, 0.4) is 0 Å². The number of aromatic nitrogens is 1. The topological polar surface area (TPSA) is 82.3 Å². The molecule has 1 fully saturated rings. The standard InChI is InChI=1S/C21H17N3O3/c25-19-8-7-18(20(26)23-19)24-11-16-13(3-1-5-15(16)21(24)27)12-4-2-6-17-14(12)9-10-22-17/h1-6,9-10,18,22H,7-8,11H2,(H,23,25,26). The average Bonchev–Trinajstić information content (AvgIpc) is 3.27. The molecular weight excluding hydrogens is 342 g/mol. The van der Waals surface area contributed by atoms with Gasteiger partial charge in [-0.05, 0) is 41.3 Å². The van der Waals surface area contributed by atoms with E-state index in [2.05, 4.69) is 10.3 Å². The fraction of sp³-hybridized carbons (Fsp3) is 0.190. The maximum absolute atomic E-state index is 13.0. The van der Waals surface area contributed by atoms with E-state index in [4.69, 9.17) is 0 Å². The molecule has 134 valence electrons. The number of carbonyl (C=O) groups excluding carboxylic acids is 3. The van der Waals surface area contributed by atoms with E-state index in [1.54, 1.807) is 4.90 Å². The molecule has 27 heavy (non-hydrogen) atoms. The van der Waals surface area contributed by atoms with E-state index < -0.39 is 6.04 Å². The second kappa shape index (κ2) is 5.81. The summed E-state index contributed by atoms with van der Waals surface area (Å²) in [5, 5.41) is 3.44. The molecule has 1 saturated heterocycles. The van der Waals surface area contributed by atoms with Crippen LogP contribution in [0, 0.1) is 0 Å². The first-order valence-corrected chi connectivity index (χ1v) is 8.96. The first-order valence-electron chi connectivity index (χ1n) is 8.96. The van der Waals surface area contributed by atoms with Crippen molar-refractivity contribution >= 4 is 28.6 Å². The van der Waals surface area contributed by atoms with Gasteiger partial charge >= 0.3 is 0 Å². The monoisotopic (exact) mass is 359 g/mol. The summed E-state index contributed by atoms with van der Waals surface area (Å²) in [5.74, 6) is -0.815. The maximum atomic E-state index is 13.0. The van der Waals surface area contributed by atoms with E-state index >= 15 is 0 Å². The SMILES string of the molecule is O=C1CCC(N2Cc3c(cccc3-c3cccc4[nH]ccc34)C2=O)C(=O)N1. The molecule has 6 heteroatoms. The minimum absolute atomic E-state index is 0.150. The normalized spacial score (nSPS) is 19.5. The van der Waals surface area contributed by atoms with Gasteiger partial charge in [0.25, 0.3) is 5.91 Å². The summed E-state index contributed by atoms with van der Waals surface area (Å²) >= 11 is 0. The van der Waals surface area contributed by atoms with E-state index in [0.29, 0.717) is 18.5 Å². The predicted octanol–water partition coefficient (Wildman–Crippen LogP) is 2.60. The Morgan fingerprint density at radius 2 is 1.70 bits per heavy atom. The second-order valence-corrected chi connectivity index (χ2v) is 6.98. The summed E-state index contributed by atoms with van der Waals surface area (Å²) in [6.45, 7) is 0.372. The smallest absolute Gasteiger partial charge is 0.255 e. The van der Waals surface area contributed by atoms with Crippen LogP contribution in [0.2, 0.25) is 0 Å². The highest BCUT2D eigenvalue weighted by atomic mass is 16.2. The molecule has 5 rings (SSSR count). The highest BCUT2D eigenvalue weighted by molar-refractivity contribution is 6.07. The van der Waals surface area contributed by atoms with E-state index in [-0.39, 0.29) is 24.1 Å². The minimum Gasteiger partial charge on any atom is -0.361 e. The van der Waals surface area contributed by atoms with Gasteiger partial charge < -0.3 is 9.88 Å². The molecule has 0 bridgehead atoms. The number of hydrogen-bond acceptors (Lipinski definition) is 3. The second-order valence-electron chi connectivity index (χ2n) is 6.98. The third-order valence-electron chi connectivity index (χ3n) is 5.47. The summed E-state index contributed by atoms with van der Waals surface area (Å²) in [7, 11) is 0. The third kappa shape index (κ3) is 2.37. The maximum Gasteiger partial charge on any atom is 0.255 e. The molecule has 3 amide bonds. The van der Waals surface area contributed by atoms with Crippen LogP contribution in [0.15, 0.2) is 48.7 Å². The molecule has 3 aromatic rings. The number of imide groups is 1. The summed E-state index contributed by atoms with van der Waals surface area (Å²) in [6, 6.07) is 13.2. The number of amides is 3. The Kier molecular flexibility index (Phi) is 3.40. The molecule has 2 aliphatic heterocycles. The molecule has 1 unspecified atom stereocenters. The number of hydrogen-bond donors (Lipinski definition) is 2. The zero-order chi connectivity index (χ0) is 18.5. The van der Waals surface area contributed by atoms with Gasteiger partial charge in [0.15, 0.2) is 0 Å². The van der Waals surface area contributed by atoms with Crippen LogP contribution >= 0.6 is 0 Å². The molecular formula is C21H17N3O3. The Hall–Kier alpha value is -3.41.